The van der Waals surface area contributed by atoms with E-state index in [2.05, 4.69) is 4.98 Å². The van der Waals surface area contributed by atoms with Gasteiger partial charge < -0.3 is 10.3 Å². The number of aromatic nitrogens is 2. The predicted molar refractivity (Wildman–Crippen MR) is 104 cm³/mol. The molecule has 3 aromatic rings. The quantitative estimate of drug-likeness (QED) is 0.408. The topological polar surface area (TPSA) is 124 Å². The molecule has 0 atom stereocenters. The van der Waals surface area contributed by atoms with Gasteiger partial charge in [0.2, 0.25) is 5.95 Å². The number of hydrogen-bond donors (Lipinski definition) is 1. The van der Waals surface area contributed by atoms with E-state index < -0.39 is 14.9 Å². The molecule has 2 aromatic carbocycles. The Morgan fingerprint density at radius 1 is 1.11 bits per heavy atom. The summed E-state index contributed by atoms with van der Waals surface area (Å²) in [6.45, 7) is 0.934. The van der Waals surface area contributed by atoms with Crippen LogP contribution in [0.15, 0.2) is 59.6 Å². The normalized spacial score (nSPS) is 13.9. The second-order valence-electron chi connectivity index (χ2n) is 6.43. The number of anilines is 2. The fourth-order valence-electron chi connectivity index (χ4n) is 3.19. The van der Waals surface area contributed by atoms with Crippen molar-refractivity contribution in [1.29, 1.82) is 0 Å². The van der Waals surface area contributed by atoms with E-state index in [-0.39, 0.29) is 17.1 Å². The molecule has 144 valence electrons. The number of nitrogen functional groups attached to an aromatic ring is 1. The van der Waals surface area contributed by atoms with Gasteiger partial charge in [0, 0.05) is 42.7 Å². The third-order valence-electron chi connectivity index (χ3n) is 4.56. The SMILES string of the molecule is Nc1cccc(-c2cn3c(n2)N(S(=O)(=O)c2ccc([N+](=O)[O-])cc2)CCC3)c1. The van der Waals surface area contributed by atoms with Gasteiger partial charge in [0.15, 0.2) is 0 Å². The van der Waals surface area contributed by atoms with Gasteiger partial charge in [-0.3, -0.25) is 10.1 Å². The Balaban J connectivity index is 1.73. The minimum atomic E-state index is -3.89. The highest BCUT2D eigenvalue weighted by atomic mass is 32.2. The summed E-state index contributed by atoms with van der Waals surface area (Å²) in [6, 6.07) is 12.1. The molecule has 9 nitrogen and oxygen atoms in total. The molecule has 10 heteroatoms. The average Bonchev–Trinajstić information content (AvgIpc) is 3.12. The number of imidazole rings is 1. The van der Waals surface area contributed by atoms with E-state index in [1.165, 1.54) is 28.6 Å². The first-order chi connectivity index (χ1) is 13.4. The Kier molecular flexibility index (Phi) is 4.27. The van der Waals surface area contributed by atoms with Crippen LogP contribution in [0.2, 0.25) is 0 Å². The Labute approximate surface area is 161 Å². The Bertz CT molecular complexity index is 1150. The molecule has 1 aromatic heterocycles. The largest absolute Gasteiger partial charge is 0.399 e. The average molecular weight is 399 g/mol. The van der Waals surface area contributed by atoms with Crippen LogP contribution < -0.4 is 10.0 Å². The van der Waals surface area contributed by atoms with Gasteiger partial charge in [0.1, 0.15) is 0 Å². The van der Waals surface area contributed by atoms with E-state index >= 15 is 0 Å². The molecule has 0 unspecified atom stereocenters. The van der Waals surface area contributed by atoms with Crippen molar-refractivity contribution in [2.24, 2.45) is 0 Å². The van der Waals surface area contributed by atoms with Crippen LogP contribution in [0, 0.1) is 10.1 Å². The first-order valence-corrected chi connectivity index (χ1v) is 10.0. The van der Waals surface area contributed by atoms with Crippen molar-refractivity contribution in [3.8, 4) is 11.3 Å². The van der Waals surface area contributed by atoms with E-state index in [0.29, 0.717) is 30.3 Å². The molecular weight excluding hydrogens is 382 g/mol. The second-order valence-corrected chi connectivity index (χ2v) is 8.29. The molecule has 28 heavy (non-hydrogen) atoms. The fraction of sp³-hybridized carbons (Fsp3) is 0.167. The molecule has 2 heterocycles. The summed E-state index contributed by atoms with van der Waals surface area (Å²) in [5, 5.41) is 10.8. The molecule has 0 spiro atoms. The number of aryl methyl sites for hydroxylation is 1. The van der Waals surface area contributed by atoms with Crippen LogP contribution >= 0.6 is 0 Å². The molecule has 2 N–H and O–H groups in total. The molecular formula is C18H17N5O4S. The number of nitrogens with zero attached hydrogens (tertiary/aromatic N) is 4. The Hall–Kier alpha value is -3.40. The van der Waals surface area contributed by atoms with Crippen molar-refractivity contribution in [3.05, 3.63) is 64.8 Å². The van der Waals surface area contributed by atoms with Gasteiger partial charge in [0.05, 0.1) is 15.5 Å². The molecule has 1 aliphatic rings. The maximum absolute atomic E-state index is 13.1. The van der Waals surface area contributed by atoms with Gasteiger partial charge in [-0.15, -0.1) is 0 Å². The van der Waals surface area contributed by atoms with E-state index in [1.54, 1.807) is 16.7 Å². The van der Waals surface area contributed by atoms with Crippen LogP contribution in [0.1, 0.15) is 6.42 Å². The summed E-state index contributed by atoms with van der Waals surface area (Å²) >= 11 is 0. The van der Waals surface area contributed by atoms with E-state index in [4.69, 9.17) is 5.73 Å². The zero-order chi connectivity index (χ0) is 19.9. The van der Waals surface area contributed by atoms with Gasteiger partial charge in [0.25, 0.3) is 15.7 Å². The zero-order valence-electron chi connectivity index (χ0n) is 14.7. The van der Waals surface area contributed by atoms with Crippen molar-refractivity contribution >= 4 is 27.3 Å². The minimum absolute atomic E-state index is 0.0138. The Morgan fingerprint density at radius 2 is 1.86 bits per heavy atom. The third-order valence-corrected chi connectivity index (χ3v) is 6.35. The van der Waals surface area contributed by atoms with Gasteiger partial charge in [-0.2, -0.15) is 0 Å². The lowest BCUT2D eigenvalue weighted by molar-refractivity contribution is -0.384. The van der Waals surface area contributed by atoms with Crippen molar-refractivity contribution < 1.29 is 13.3 Å². The number of nitrogens with two attached hydrogens (primary N) is 1. The summed E-state index contributed by atoms with van der Waals surface area (Å²) in [7, 11) is -3.89. The molecule has 0 amide bonds. The molecule has 0 radical (unpaired) electrons. The number of nitro benzene ring substituents is 1. The van der Waals surface area contributed by atoms with Crippen molar-refractivity contribution in [2.75, 3.05) is 16.6 Å². The first kappa shape index (κ1) is 18.0. The molecule has 0 aliphatic carbocycles. The van der Waals surface area contributed by atoms with Crippen LogP contribution in [0.25, 0.3) is 11.3 Å². The molecule has 4 rings (SSSR count). The van der Waals surface area contributed by atoms with Gasteiger partial charge in [-0.1, -0.05) is 12.1 Å². The van der Waals surface area contributed by atoms with Crippen LogP contribution in [0.5, 0.6) is 0 Å². The maximum Gasteiger partial charge on any atom is 0.269 e. The molecule has 0 bridgehead atoms. The highest BCUT2D eigenvalue weighted by Gasteiger charge is 2.31. The summed E-state index contributed by atoms with van der Waals surface area (Å²) in [4.78, 5) is 14.8. The van der Waals surface area contributed by atoms with Gasteiger partial charge in [-0.25, -0.2) is 17.7 Å². The standard InChI is InChI=1S/C18H17N5O4S/c19-14-4-1-3-13(11-14)17-12-21-9-2-10-22(18(21)20-17)28(26,27)16-7-5-15(6-8-16)23(24)25/h1,3-8,11-12H,2,9-10,19H2. The second kappa shape index (κ2) is 6.64. The zero-order valence-corrected chi connectivity index (χ0v) is 15.5. The molecule has 0 saturated carbocycles. The van der Waals surface area contributed by atoms with E-state index in [0.717, 1.165) is 5.56 Å². The third kappa shape index (κ3) is 3.07. The highest BCUT2D eigenvalue weighted by Crippen LogP contribution is 2.31. The van der Waals surface area contributed by atoms with E-state index in [1.807, 2.05) is 18.3 Å². The number of sulfonamides is 1. The molecule has 0 saturated heterocycles. The maximum atomic E-state index is 13.1. The predicted octanol–water partition coefficient (Wildman–Crippen LogP) is 2.64. The minimum Gasteiger partial charge on any atom is -0.399 e. The smallest absolute Gasteiger partial charge is 0.269 e. The summed E-state index contributed by atoms with van der Waals surface area (Å²) in [6.07, 6.45) is 2.44. The number of nitro groups is 1. The fourth-order valence-corrected chi connectivity index (χ4v) is 4.65. The Morgan fingerprint density at radius 3 is 2.54 bits per heavy atom. The van der Waals surface area contributed by atoms with Crippen molar-refractivity contribution in [3.63, 3.8) is 0 Å². The van der Waals surface area contributed by atoms with Crippen molar-refractivity contribution in [2.45, 2.75) is 17.9 Å². The van der Waals surface area contributed by atoms with E-state index in [9.17, 15) is 18.5 Å². The number of rotatable bonds is 4. The molecule has 0 fully saturated rings. The lowest BCUT2D eigenvalue weighted by Crippen LogP contribution is -2.37. The lowest BCUT2D eigenvalue weighted by Gasteiger charge is -2.28. The van der Waals surface area contributed by atoms with Crippen LogP contribution in [-0.4, -0.2) is 29.4 Å². The number of benzene rings is 2. The number of non-ortho nitro benzene ring substituents is 1. The number of hydrogen-bond acceptors (Lipinski definition) is 6. The van der Waals surface area contributed by atoms with Crippen LogP contribution in [0.3, 0.4) is 0 Å². The van der Waals surface area contributed by atoms with Gasteiger partial charge in [-0.05, 0) is 30.7 Å². The molecule has 1 aliphatic heterocycles. The monoisotopic (exact) mass is 399 g/mol. The van der Waals surface area contributed by atoms with Crippen LogP contribution in [0.4, 0.5) is 17.3 Å². The van der Waals surface area contributed by atoms with Crippen LogP contribution in [-0.2, 0) is 16.6 Å². The summed E-state index contributed by atoms with van der Waals surface area (Å²) in [5.74, 6) is 0.321. The van der Waals surface area contributed by atoms with Crippen molar-refractivity contribution in [1.82, 2.24) is 9.55 Å². The lowest BCUT2D eigenvalue weighted by atomic mass is 10.1. The first-order valence-electron chi connectivity index (χ1n) is 8.56. The highest BCUT2D eigenvalue weighted by molar-refractivity contribution is 7.92. The summed E-state index contributed by atoms with van der Waals surface area (Å²) < 4.78 is 29.3. The van der Waals surface area contributed by atoms with Gasteiger partial charge >= 0.3 is 0 Å². The number of fused-ring (bicyclic) bond motifs is 1. The summed E-state index contributed by atoms with van der Waals surface area (Å²) in [5.41, 5.74) is 7.70.